The first-order valence-corrected chi connectivity index (χ1v) is 46.9. The fraction of sp³-hybridized carbons (Fsp3) is 0.346. The Morgan fingerprint density at radius 2 is 0.840 bits per heavy atom. The van der Waals surface area contributed by atoms with Crippen molar-refractivity contribution in [2.75, 3.05) is 109 Å². The van der Waals surface area contributed by atoms with Crippen molar-refractivity contribution >= 4 is 80.2 Å². The van der Waals surface area contributed by atoms with Gasteiger partial charge in [0.05, 0.1) is 83.0 Å². The summed E-state index contributed by atoms with van der Waals surface area (Å²) in [5.41, 5.74) is 31.1. The van der Waals surface area contributed by atoms with Gasteiger partial charge in [-0.25, -0.2) is 79.7 Å². The van der Waals surface area contributed by atoms with E-state index in [4.69, 9.17) is 89.6 Å². The summed E-state index contributed by atoms with van der Waals surface area (Å²) in [4.78, 5) is 101. The van der Waals surface area contributed by atoms with Crippen LogP contribution in [0.1, 0.15) is 207 Å². The molecule has 0 unspecified atom stereocenters. The zero-order chi connectivity index (χ0) is 104. The normalized spacial score (nSPS) is 12.0. The number of aryl methyl sites for hydroxylation is 4. The van der Waals surface area contributed by atoms with Gasteiger partial charge in [0.1, 0.15) is 91.7 Å². The lowest BCUT2D eigenvalue weighted by Gasteiger charge is -2.30. The summed E-state index contributed by atoms with van der Waals surface area (Å²) in [6, 6.07) is 20.5. The number of ether oxygens (including phenoxy) is 10. The number of ketones is 1. The van der Waals surface area contributed by atoms with Crippen molar-refractivity contribution in [3.63, 3.8) is 0 Å². The van der Waals surface area contributed by atoms with Gasteiger partial charge in [0.2, 0.25) is 23.7 Å². The van der Waals surface area contributed by atoms with E-state index >= 15 is 0 Å². The minimum Gasteiger partial charge on any atom is -0.481 e. The molecule has 13 heterocycles. The number of nitrogen functional groups attached to an aromatic ring is 4. The summed E-state index contributed by atoms with van der Waals surface area (Å²) >= 11 is 3.37. The number of carbonyl (C=O) groups is 2. The smallest absolute Gasteiger partial charge is 0.325 e. The van der Waals surface area contributed by atoms with Gasteiger partial charge in [0.25, 0.3) is 0 Å². The third-order valence-electron chi connectivity index (χ3n) is 21.0. The molecular formula is C104H122BrN27O12. The maximum Gasteiger partial charge on any atom is 0.325 e. The van der Waals surface area contributed by atoms with Crippen LogP contribution in [0.4, 0.5) is 52.5 Å². The Hall–Kier alpha value is -16.5. The number of morpholine rings is 1. The highest BCUT2D eigenvalue weighted by atomic mass is 79.9. The molecule has 1 aliphatic carbocycles. The first-order valence-electron chi connectivity index (χ1n) is 46.1. The van der Waals surface area contributed by atoms with Crippen LogP contribution in [-0.2, 0) is 31.0 Å². The number of nitrogens with zero attached hydrogens (tertiary/aromatic N) is 19. The van der Waals surface area contributed by atoms with Gasteiger partial charge in [0, 0.05) is 121 Å². The zero-order valence-corrected chi connectivity index (χ0v) is 86.1. The largest absolute Gasteiger partial charge is 0.481 e. The van der Waals surface area contributed by atoms with Gasteiger partial charge in [-0.05, 0) is 126 Å². The Kier molecular flexibility index (Phi) is 39.6. The summed E-state index contributed by atoms with van der Waals surface area (Å²) in [5, 5.41) is 12.3. The molecule has 2 fully saturated rings. The Labute approximate surface area is 847 Å². The molecule has 1 aromatic carbocycles. The predicted molar refractivity (Wildman–Crippen MR) is 557 cm³/mol. The predicted octanol–water partition coefficient (Wildman–Crippen LogP) is 18.4. The molecule has 12 N–H and O–H groups in total. The van der Waals surface area contributed by atoms with E-state index in [0.717, 1.165) is 71.5 Å². The number of nitrogens with one attached hydrogen (secondary N) is 4. The van der Waals surface area contributed by atoms with E-state index in [1.165, 1.54) is 13.1 Å². The van der Waals surface area contributed by atoms with Gasteiger partial charge in [-0.2, -0.15) is 9.97 Å². The molecule has 0 radical (unpaired) electrons. The maximum atomic E-state index is 12.0. The number of pyridine rings is 6. The van der Waals surface area contributed by atoms with Crippen molar-refractivity contribution in [2.24, 2.45) is 0 Å². The highest BCUT2D eigenvalue weighted by Crippen LogP contribution is 2.52. The summed E-state index contributed by atoms with van der Waals surface area (Å²) in [6.07, 6.45) is 38.5. The van der Waals surface area contributed by atoms with Crippen molar-refractivity contribution in [1.29, 1.82) is 0 Å². The van der Waals surface area contributed by atoms with Crippen molar-refractivity contribution in [3.8, 4) is 118 Å². The van der Waals surface area contributed by atoms with Crippen LogP contribution in [0.15, 0.2) is 146 Å². The second kappa shape index (κ2) is 52.1. The Morgan fingerprint density at radius 1 is 0.458 bits per heavy atom. The topological polar surface area (TPSA) is 514 Å². The molecule has 0 amide bonds. The number of hydrogen-bond donors (Lipinski definition) is 8. The van der Waals surface area contributed by atoms with Crippen LogP contribution in [0.25, 0.3) is 0 Å². The fourth-order valence-electron chi connectivity index (χ4n) is 13.3. The van der Waals surface area contributed by atoms with Crippen LogP contribution < -0.4 is 87.0 Å². The average Bonchev–Trinajstić information content (AvgIpc) is 1.61. The van der Waals surface area contributed by atoms with E-state index in [0.29, 0.717) is 180 Å². The minimum atomic E-state index is -0.546. The number of carbonyl (C=O) groups excluding carboxylic acids is 2. The van der Waals surface area contributed by atoms with Gasteiger partial charge >= 0.3 is 5.97 Å². The fourth-order valence-corrected chi connectivity index (χ4v) is 13.6. The Balaban J connectivity index is 0.000000178. The van der Waals surface area contributed by atoms with Crippen LogP contribution in [0, 0.1) is 64.7 Å². The number of hydrogen-bond acceptors (Lipinski definition) is 39. The van der Waals surface area contributed by atoms with E-state index in [1.54, 1.807) is 133 Å². The number of aromatic nitrogens is 18. The zero-order valence-electron chi connectivity index (χ0n) is 84.5. The molecule has 752 valence electrons. The molecular weight excluding hydrogens is 1900 g/mol. The highest BCUT2D eigenvalue weighted by molar-refractivity contribution is 9.10. The monoisotopic (exact) mass is 2020 g/mol. The van der Waals surface area contributed by atoms with E-state index in [2.05, 4.69) is 198 Å². The summed E-state index contributed by atoms with van der Waals surface area (Å²) in [7, 11) is 3.14. The maximum absolute atomic E-state index is 12.0. The standard InChI is InChI=1S/C21H21N5O.C19H25BrN4O3.C17H19N5O2.C17H20N4O.C15H19N5O3.C15H18N4O2/c1-4-16-10-18(17(12-23-16)14(2)3)27-19-13-25-21(22)26-20(19)24-11-15-8-6-5-7-9-15;1-11(2)13-8-22-16(20)7-14(13)26-15-9-21-12(3)24-18(15)23-10-17(25)27-19(4,5)6;1-5-12-6-14(13(8-19-12)10(2)3)24-15-9-21-17(18)22-16(15)20-7-11(4)23;1-6-13-8-15(14(9-20-13)11(3)4)22-16-10-19-12(5)21-17(16)18-7-2;1-10-17-9-13(15(16)19-10)23-12-7-14(21-2)18-8-11(12)20-3-5-22-6-4-20;1-9-17-8-12(14(16)19-9)21-11-6-13(20-3)18-7-10(11)15(2)4-5-15/h1,5-10,12-14H,11H2,2-3H3,(H3,22,24,25,26);7-9,11H,10H2,1-6H3,(H,21,23,24);1,6,8-10H,7H2,2-4H3,(H3,18,20,21,22);1,8-11H,7H2,2-5H3,(H,18,19,21);7-9H,3-6H2,1-2H3,(H2,16,17,19);6-8H,4-5H2,1-3H3,(H2,16,17,19). The molecule has 1 saturated carbocycles. The van der Waals surface area contributed by atoms with Crippen LogP contribution in [-0.4, -0.2) is 167 Å². The van der Waals surface area contributed by atoms with Gasteiger partial charge < -0.3 is 96.5 Å². The lowest BCUT2D eigenvalue weighted by atomic mass is 9.99. The first-order chi connectivity index (χ1) is 68.7. The van der Waals surface area contributed by atoms with Crippen molar-refractivity contribution in [2.45, 2.75) is 179 Å². The van der Waals surface area contributed by atoms with Crippen LogP contribution in [0.5, 0.6) is 80.8 Å². The van der Waals surface area contributed by atoms with E-state index in [1.807, 2.05) is 85.0 Å². The SMILES string of the molecule is C#Cc1cc(Oc2cnc(C)nc2NCC)c(C(C)C)cn1.C#Cc1cc(Oc2cnc(N)nc2NCC(C)=O)c(C(C)C)cn1.C#Cc1cc(Oc2cnc(N)nc2NCc2ccccc2)c(C(C)C)cn1.COc1cc(Oc2cnc(C)nc2N)c(C2(C)CC2)cn1.COc1cc(Oc2cnc(C)nc2N)c(N2CCOCC2)cn1.Cc1ncc(Oc2cc(Br)ncc2C(C)C)c(NCC(=O)OC(C)(C)C)n1. The molecule has 15 rings (SSSR count). The van der Waals surface area contributed by atoms with Gasteiger partial charge in [0.15, 0.2) is 75.2 Å². The molecule has 0 bridgehead atoms. The van der Waals surface area contributed by atoms with Crippen molar-refractivity contribution in [3.05, 3.63) is 219 Å². The molecule has 40 heteroatoms. The molecule has 2 aliphatic rings. The number of anilines is 9. The van der Waals surface area contributed by atoms with Crippen molar-refractivity contribution in [1.82, 2.24) is 89.7 Å². The van der Waals surface area contributed by atoms with Crippen LogP contribution in [0.3, 0.4) is 0 Å². The van der Waals surface area contributed by atoms with E-state index < -0.39 is 5.60 Å². The second-order valence-electron chi connectivity index (χ2n) is 34.9. The molecule has 0 spiro atoms. The van der Waals surface area contributed by atoms with E-state index in [-0.39, 0.29) is 65.8 Å². The number of esters is 1. The summed E-state index contributed by atoms with van der Waals surface area (Å²) in [5.74, 6) is 20.7. The molecule has 13 aromatic rings. The van der Waals surface area contributed by atoms with Crippen LogP contribution in [0.2, 0.25) is 0 Å². The quantitative estimate of drug-likeness (QED) is 0.0114. The first kappa shape index (κ1) is 109. The Bertz CT molecular complexity index is 6700. The van der Waals surface area contributed by atoms with Crippen molar-refractivity contribution < 1.29 is 57.0 Å². The molecule has 1 saturated heterocycles. The number of rotatable bonds is 31. The number of Topliss-reactive ketones (excluding diaryl/α,β-unsaturated/α-hetero) is 1. The summed E-state index contributed by atoms with van der Waals surface area (Å²) < 4.78 is 57.7. The molecule has 39 nitrogen and oxygen atoms in total. The number of nitrogens with two attached hydrogens (primary N) is 4. The molecule has 144 heavy (non-hydrogen) atoms. The third kappa shape index (κ3) is 32.8. The molecule has 12 aromatic heterocycles. The van der Waals surface area contributed by atoms with E-state index in [9.17, 15) is 9.59 Å². The number of methoxy groups -OCH3 is 2. The third-order valence-corrected chi connectivity index (χ3v) is 21.4. The van der Waals surface area contributed by atoms with Gasteiger partial charge in [-0.1, -0.05) is 110 Å². The van der Waals surface area contributed by atoms with Crippen LogP contribution >= 0.6 is 15.9 Å². The Morgan fingerprint density at radius 3 is 1.26 bits per heavy atom. The lowest BCUT2D eigenvalue weighted by molar-refractivity contribution is -0.152. The molecule has 1 aliphatic heterocycles. The minimum absolute atomic E-state index is 0.0266. The lowest BCUT2D eigenvalue weighted by Crippen LogP contribution is -2.36. The second-order valence-corrected chi connectivity index (χ2v) is 35.8. The number of terminal acetylenes is 3. The highest BCUT2D eigenvalue weighted by Gasteiger charge is 2.42. The summed E-state index contributed by atoms with van der Waals surface area (Å²) in [6.45, 7) is 39.0. The van der Waals surface area contributed by atoms with Gasteiger partial charge in [-0.15, -0.1) is 19.3 Å². The number of halogens is 1. The van der Waals surface area contributed by atoms with Gasteiger partial charge in [-0.3, -0.25) is 9.59 Å². The number of benzene rings is 1. The molecule has 0 atom stereocenters. The average molecular weight is 2020 g/mol.